The van der Waals surface area contributed by atoms with E-state index in [4.69, 9.17) is 16.3 Å². The maximum absolute atomic E-state index is 12.5. The van der Waals surface area contributed by atoms with Gasteiger partial charge in [0, 0.05) is 12.7 Å². The van der Waals surface area contributed by atoms with Gasteiger partial charge in [-0.1, -0.05) is 17.7 Å². The molecule has 0 aliphatic rings. The summed E-state index contributed by atoms with van der Waals surface area (Å²) in [4.78, 5) is 18.2. The van der Waals surface area contributed by atoms with Gasteiger partial charge >= 0.3 is 6.61 Å². The van der Waals surface area contributed by atoms with E-state index in [0.717, 1.165) is 5.56 Å². The molecule has 152 valence electrons. The smallest absolute Gasteiger partial charge is 0.387 e. The highest BCUT2D eigenvalue weighted by Gasteiger charge is 2.20. The molecule has 0 spiro atoms. The molecule has 1 N–H and O–H groups in total. The quantitative estimate of drug-likeness (QED) is 0.624. The number of carbonyl (C=O) groups is 1. The van der Waals surface area contributed by atoms with E-state index in [9.17, 15) is 13.6 Å². The summed E-state index contributed by atoms with van der Waals surface area (Å²) in [6, 6.07) is 7.56. The molecule has 0 aliphatic carbocycles. The highest BCUT2D eigenvalue weighted by molar-refractivity contribution is 6.32. The molecular weight excluding hydrogens is 392 g/mol. The second-order valence-electron chi connectivity index (χ2n) is 6.01. The van der Waals surface area contributed by atoms with Gasteiger partial charge in [0.15, 0.2) is 16.7 Å². The number of pyridine rings is 1. The van der Waals surface area contributed by atoms with Gasteiger partial charge < -0.3 is 14.8 Å². The van der Waals surface area contributed by atoms with E-state index in [0.29, 0.717) is 18.8 Å². The average Bonchev–Trinajstić information content (AvgIpc) is 2.64. The Morgan fingerprint density at radius 1 is 1.32 bits per heavy atom. The van der Waals surface area contributed by atoms with Gasteiger partial charge in [0.25, 0.3) is 0 Å². The van der Waals surface area contributed by atoms with Crippen molar-refractivity contribution in [2.45, 2.75) is 33.0 Å². The number of alkyl halides is 2. The first-order chi connectivity index (χ1) is 13.3. The topological polar surface area (TPSA) is 63.7 Å². The fourth-order valence-electron chi connectivity index (χ4n) is 2.45. The Labute approximate surface area is 167 Å². The third-order valence-corrected chi connectivity index (χ3v) is 4.31. The van der Waals surface area contributed by atoms with E-state index in [2.05, 4.69) is 15.0 Å². The molecule has 0 radical (unpaired) electrons. The summed E-state index contributed by atoms with van der Waals surface area (Å²) in [5.74, 6) is -0.0479. The number of anilines is 1. The predicted molar refractivity (Wildman–Crippen MR) is 103 cm³/mol. The zero-order valence-corrected chi connectivity index (χ0v) is 16.5. The van der Waals surface area contributed by atoms with Gasteiger partial charge in [-0.15, -0.1) is 0 Å². The van der Waals surface area contributed by atoms with Crippen molar-refractivity contribution in [1.82, 2.24) is 9.88 Å². The number of nitrogens with zero attached hydrogens (tertiary/aromatic N) is 2. The van der Waals surface area contributed by atoms with E-state index in [1.54, 1.807) is 50.1 Å². The normalized spacial score (nSPS) is 12.1. The summed E-state index contributed by atoms with van der Waals surface area (Å²) in [6.07, 6.45) is 1.53. The lowest BCUT2D eigenvalue weighted by atomic mass is 10.1. The van der Waals surface area contributed by atoms with E-state index in [1.807, 2.05) is 0 Å². The zero-order valence-electron chi connectivity index (χ0n) is 15.8. The van der Waals surface area contributed by atoms with Gasteiger partial charge in [-0.2, -0.15) is 8.78 Å². The van der Waals surface area contributed by atoms with Crippen LogP contribution >= 0.6 is 11.6 Å². The third-order valence-electron chi connectivity index (χ3n) is 4.01. The van der Waals surface area contributed by atoms with Crippen molar-refractivity contribution < 1.29 is 23.0 Å². The van der Waals surface area contributed by atoms with Gasteiger partial charge in [-0.05, 0) is 50.7 Å². The number of likely N-dealkylation sites (N-methyl/N-ethyl adjacent to an activating group) is 1. The van der Waals surface area contributed by atoms with Crippen LogP contribution in [0.3, 0.4) is 0 Å². The van der Waals surface area contributed by atoms with Crippen LogP contribution in [0.2, 0.25) is 5.15 Å². The number of hydrogen-bond donors (Lipinski definition) is 1. The van der Waals surface area contributed by atoms with Crippen LogP contribution in [0.4, 0.5) is 14.5 Å². The molecule has 2 rings (SSSR count). The van der Waals surface area contributed by atoms with Crippen LogP contribution in [0.5, 0.6) is 11.5 Å². The second kappa shape index (κ2) is 10.2. The van der Waals surface area contributed by atoms with Crippen molar-refractivity contribution in [2.24, 2.45) is 0 Å². The molecule has 28 heavy (non-hydrogen) atoms. The number of aromatic nitrogens is 1. The molecule has 9 heteroatoms. The Bertz CT molecular complexity index is 808. The maximum atomic E-state index is 12.5. The molecule has 1 atom stereocenters. The number of nitrogens with one attached hydrogen (secondary N) is 1. The van der Waals surface area contributed by atoms with Crippen molar-refractivity contribution in [3.8, 4) is 11.5 Å². The summed E-state index contributed by atoms with van der Waals surface area (Å²) in [7, 11) is 1.78. The monoisotopic (exact) mass is 413 g/mol. The molecule has 1 aromatic heterocycles. The first-order valence-electron chi connectivity index (χ1n) is 8.64. The Kier molecular flexibility index (Phi) is 7.95. The van der Waals surface area contributed by atoms with E-state index < -0.39 is 12.7 Å². The highest BCUT2D eigenvalue weighted by atomic mass is 35.5. The lowest BCUT2D eigenvalue weighted by Crippen LogP contribution is -2.39. The summed E-state index contributed by atoms with van der Waals surface area (Å²) in [6.45, 7) is 1.27. The van der Waals surface area contributed by atoms with E-state index in [1.165, 1.54) is 12.3 Å². The number of hydrogen-bond acceptors (Lipinski definition) is 5. The molecule has 1 unspecified atom stereocenters. The van der Waals surface area contributed by atoms with Gasteiger partial charge in [0.05, 0.1) is 18.3 Å². The van der Waals surface area contributed by atoms with Crippen LogP contribution in [-0.2, 0) is 11.3 Å². The lowest BCUT2D eigenvalue weighted by Gasteiger charge is -2.24. The largest absolute Gasteiger partial charge is 0.490 e. The molecular formula is C19H22ClF2N3O3. The Hall–Kier alpha value is -2.45. The van der Waals surface area contributed by atoms with Crippen LogP contribution in [0.1, 0.15) is 19.4 Å². The molecule has 0 fully saturated rings. The minimum atomic E-state index is -2.93. The first kappa shape index (κ1) is 21.8. The van der Waals surface area contributed by atoms with Crippen LogP contribution in [0.25, 0.3) is 0 Å². The zero-order chi connectivity index (χ0) is 20.7. The summed E-state index contributed by atoms with van der Waals surface area (Å²) < 4.78 is 34.9. The van der Waals surface area contributed by atoms with Gasteiger partial charge in [-0.3, -0.25) is 9.69 Å². The summed E-state index contributed by atoms with van der Waals surface area (Å²) in [5, 5.41) is 2.95. The minimum absolute atomic E-state index is 0.0275. The molecule has 0 saturated heterocycles. The number of amides is 1. The standard InChI is InChI=1S/C19H22ClF2N3O3/c1-4-27-16-10-13(7-8-15(16)28-19(21)22)11-25(3)12(2)18(26)24-14-6-5-9-23-17(14)20/h5-10,12,19H,4,11H2,1-3H3,(H,24,26). The van der Waals surface area contributed by atoms with Crippen molar-refractivity contribution in [3.05, 3.63) is 47.2 Å². The Balaban J connectivity index is 2.06. The Morgan fingerprint density at radius 2 is 2.07 bits per heavy atom. The summed E-state index contributed by atoms with van der Waals surface area (Å²) in [5.41, 5.74) is 1.22. The molecule has 2 aromatic rings. The first-order valence-corrected chi connectivity index (χ1v) is 9.01. The number of benzene rings is 1. The van der Waals surface area contributed by atoms with Crippen LogP contribution in [-0.4, -0.2) is 42.1 Å². The molecule has 1 heterocycles. The van der Waals surface area contributed by atoms with Crippen molar-refractivity contribution >= 4 is 23.2 Å². The van der Waals surface area contributed by atoms with Crippen LogP contribution < -0.4 is 14.8 Å². The molecule has 1 aromatic carbocycles. The van der Waals surface area contributed by atoms with Gasteiger partial charge in [-0.25, -0.2) is 4.98 Å². The highest BCUT2D eigenvalue weighted by Crippen LogP contribution is 2.30. The molecule has 0 saturated carbocycles. The molecule has 6 nitrogen and oxygen atoms in total. The van der Waals surface area contributed by atoms with E-state index >= 15 is 0 Å². The van der Waals surface area contributed by atoms with Gasteiger partial charge in [0.2, 0.25) is 5.91 Å². The lowest BCUT2D eigenvalue weighted by molar-refractivity contribution is -0.120. The fourth-order valence-corrected chi connectivity index (χ4v) is 2.62. The number of halogens is 3. The number of carbonyl (C=O) groups excluding carboxylic acids is 1. The predicted octanol–water partition coefficient (Wildman–Crippen LogP) is 4.19. The maximum Gasteiger partial charge on any atom is 0.387 e. The third kappa shape index (κ3) is 6.03. The van der Waals surface area contributed by atoms with Crippen LogP contribution in [0.15, 0.2) is 36.5 Å². The SMILES string of the molecule is CCOc1cc(CN(C)C(C)C(=O)Nc2cccnc2Cl)ccc1OC(F)F. The Morgan fingerprint density at radius 3 is 2.71 bits per heavy atom. The number of rotatable bonds is 9. The minimum Gasteiger partial charge on any atom is -0.490 e. The summed E-state index contributed by atoms with van der Waals surface area (Å²) >= 11 is 5.96. The second-order valence-corrected chi connectivity index (χ2v) is 6.37. The molecule has 0 aliphatic heterocycles. The van der Waals surface area contributed by atoms with Crippen LogP contribution in [0, 0.1) is 0 Å². The molecule has 1 amide bonds. The average molecular weight is 414 g/mol. The van der Waals surface area contributed by atoms with E-state index in [-0.39, 0.29) is 22.6 Å². The van der Waals surface area contributed by atoms with Crippen molar-refractivity contribution in [3.63, 3.8) is 0 Å². The fraction of sp³-hybridized carbons (Fsp3) is 0.368. The van der Waals surface area contributed by atoms with Crippen molar-refractivity contribution in [2.75, 3.05) is 19.0 Å². The van der Waals surface area contributed by atoms with Crippen molar-refractivity contribution in [1.29, 1.82) is 0 Å². The van der Waals surface area contributed by atoms with Gasteiger partial charge in [0.1, 0.15) is 0 Å². The number of ether oxygens (including phenoxy) is 2. The molecule has 0 bridgehead atoms.